The molecule has 3 aromatic carbocycles. The second kappa shape index (κ2) is 12.5. The van der Waals surface area contributed by atoms with Crippen molar-refractivity contribution in [2.24, 2.45) is 15.2 Å². The zero-order valence-corrected chi connectivity index (χ0v) is 19.1. The fourth-order valence-electron chi connectivity index (χ4n) is 2.24. The molecule has 0 radical (unpaired) electrons. The predicted molar refractivity (Wildman–Crippen MR) is 107 cm³/mol. The number of benzene rings is 3. The Balaban J connectivity index is 0.00000320. The van der Waals surface area contributed by atoms with Crippen molar-refractivity contribution in [1.29, 1.82) is 0 Å². The first-order valence-corrected chi connectivity index (χ1v) is 9.12. The van der Waals surface area contributed by atoms with Crippen molar-refractivity contribution in [3.05, 3.63) is 72.3 Å². The number of ether oxygens (including phenoxy) is 1. The van der Waals surface area contributed by atoms with Crippen molar-refractivity contribution in [1.82, 2.24) is 0 Å². The van der Waals surface area contributed by atoms with E-state index in [9.17, 15) is 10.4 Å². The Labute approximate surface area is 199 Å². The van der Waals surface area contributed by atoms with Crippen LogP contribution >= 0.6 is 12.0 Å². The van der Waals surface area contributed by atoms with Crippen LogP contribution in [0.2, 0.25) is 0 Å². The Morgan fingerprint density at radius 1 is 0.933 bits per heavy atom. The monoisotopic (exact) mass is 433 g/mol. The van der Waals surface area contributed by atoms with Gasteiger partial charge in [0.15, 0.2) is 6.40 Å². The molecule has 0 spiro atoms. The van der Waals surface area contributed by atoms with Crippen molar-refractivity contribution in [2.75, 3.05) is 0 Å². The van der Waals surface area contributed by atoms with Gasteiger partial charge < -0.3 is 15.1 Å². The average molecular weight is 433 g/mol. The molecule has 0 saturated heterocycles. The molecular formula is C20H16N3NaO5S. The summed E-state index contributed by atoms with van der Waals surface area (Å²) >= 11 is 0.809. The molecule has 0 aliphatic rings. The number of rotatable bonds is 8. The van der Waals surface area contributed by atoms with Crippen LogP contribution in [-0.2, 0) is 9.37 Å². The number of hydrogen-bond donors (Lipinski definition) is 1. The van der Waals surface area contributed by atoms with E-state index >= 15 is 0 Å². The number of azo groups is 1. The first kappa shape index (κ1) is 24.0. The minimum Gasteiger partial charge on any atom is -0.691 e. The largest absolute Gasteiger partial charge is 1.00 e. The Morgan fingerprint density at radius 2 is 1.63 bits per heavy atom. The number of aryl methyl sites for hydroxylation is 1. The number of phenolic OH excluding ortho intramolecular Hbond substituents is 1. The molecule has 3 rings (SSSR count). The maximum Gasteiger partial charge on any atom is 1.00 e. The molecule has 10 heteroatoms. The number of hydrogen-bond acceptors (Lipinski definition) is 9. The second-order valence-electron chi connectivity index (χ2n) is 5.73. The van der Waals surface area contributed by atoms with Crippen molar-refractivity contribution in [3.63, 3.8) is 0 Å². The van der Waals surface area contributed by atoms with Crippen molar-refractivity contribution >= 4 is 35.5 Å². The molecule has 0 bridgehead atoms. The maximum atomic E-state index is 9.79. The van der Waals surface area contributed by atoms with Gasteiger partial charge in [-0.15, -0.1) is 0 Å². The molecule has 148 valence electrons. The SMILES string of the molecule is Cc1cc(O)ccc1N=Nc1ccc(OC=Nc2ccc(SOO[O-])cc2)cc1.[Na+]. The molecule has 0 aromatic heterocycles. The van der Waals surface area contributed by atoms with Gasteiger partial charge in [-0.1, -0.05) is 0 Å². The van der Waals surface area contributed by atoms with E-state index in [0.29, 0.717) is 27.7 Å². The van der Waals surface area contributed by atoms with E-state index in [2.05, 4.69) is 24.6 Å². The van der Waals surface area contributed by atoms with E-state index < -0.39 is 0 Å². The van der Waals surface area contributed by atoms with Crippen LogP contribution in [0.3, 0.4) is 0 Å². The molecule has 0 aliphatic heterocycles. The summed E-state index contributed by atoms with van der Waals surface area (Å²) in [5, 5.41) is 30.9. The normalized spacial score (nSPS) is 11.0. The summed E-state index contributed by atoms with van der Waals surface area (Å²) < 4.78 is 9.71. The van der Waals surface area contributed by atoms with Crippen molar-refractivity contribution in [2.45, 2.75) is 11.8 Å². The summed E-state index contributed by atoms with van der Waals surface area (Å²) in [4.78, 5) is 4.89. The van der Waals surface area contributed by atoms with Gasteiger partial charge in [0.25, 0.3) is 0 Å². The van der Waals surface area contributed by atoms with E-state index in [-0.39, 0.29) is 35.3 Å². The fourth-order valence-corrected chi connectivity index (χ4v) is 2.60. The van der Waals surface area contributed by atoms with E-state index in [4.69, 9.17) is 4.74 Å². The minimum atomic E-state index is 0. The summed E-state index contributed by atoms with van der Waals surface area (Å²) in [5.74, 6) is 0.795. The Kier molecular flexibility index (Phi) is 9.98. The van der Waals surface area contributed by atoms with Gasteiger partial charge >= 0.3 is 29.6 Å². The Morgan fingerprint density at radius 3 is 2.30 bits per heavy atom. The number of nitrogens with zero attached hydrogens (tertiary/aromatic N) is 3. The molecular weight excluding hydrogens is 417 g/mol. The van der Waals surface area contributed by atoms with Gasteiger partial charge in [0.1, 0.15) is 11.5 Å². The molecule has 0 fully saturated rings. The van der Waals surface area contributed by atoms with E-state index in [1.807, 2.05) is 6.92 Å². The summed E-state index contributed by atoms with van der Waals surface area (Å²) in [7, 11) is 0. The van der Waals surface area contributed by atoms with Crippen LogP contribution < -0.4 is 39.6 Å². The standard InChI is InChI=1S/C20H17N3O5S.Na/c1-14-12-17(24)6-11-20(14)23-22-16-2-7-18(8-3-16)26-13-21-15-4-9-19(10-5-15)29-28-27-25;/h2-13,24-25H,1H3;/q;+1/p-1. The molecule has 30 heavy (non-hydrogen) atoms. The minimum absolute atomic E-state index is 0. The molecule has 0 amide bonds. The molecule has 0 saturated carbocycles. The van der Waals surface area contributed by atoms with Crippen LogP contribution in [0.4, 0.5) is 17.1 Å². The zero-order chi connectivity index (χ0) is 20.5. The molecule has 8 nitrogen and oxygen atoms in total. The molecule has 0 heterocycles. The van der Waals surface area contributed by atoms with Crippen LogP contribution in [0.1, 0.15) is 5.56 Å². The third kappa shape index (κ3) is 7.54. The van der Waals surface area contributed by atoms with Gasteiger partial charge in [-0.3, -0.25) is 5.04 Å². The predicted octanol–water partition coefficient (Wildman–Crippen LogP) is 2.09. The van der Waals surface area contributed by atoms with E-state index in [1.54, 1.807) is 66.7 Å². The molecule has 3 aromatic rings. The molecule has 0 atom stereocenters. The summed E-state index contributed by atoms with van der Waals surface area (Å²) in [5.41, 5.74) is 2.86. The van der Waals surface area contributed by atoms with Gasteiger partial charge in [-0.25, -0.2) is 4.99 Å². The third-order valence-electron chi connectivity index (χ3n) is 3.68. The maximum absolute atomic E-state index is 9.79. The first-order valence-electron chi connectivity index (χ1n) is 8.38. The Hall–Kier alpha value is -2.24. The van der Waals surface area contributed by atoms with Crippen molar-refractivity contribution in [3.8, 4) is 11.5 Å². The van der Waals surface area contributed by atoms with E-state index in [0.717, 1.165) is 17.6 Å². The smallest absolute Gasteiger partial charge is 0.691 e. The van der Waals surface area contributed by atoms with Crippen LogP contribution in [0.15, 0.2) is 86.8 Å². The van der Waals surface area contributed by atoms with Gasteiger partial charge in [0.2, 0.25) is 0 Å². The van der Waals surface area contributed by atoms with Gasteiger partial charge in [-0.05, 0) is 79.2 Å². The number of phenols is 1. The molecule has 1 N–H and O–H groups in total. The van der Waals surface area contributed by atoms with Gasteiger partial charge in [0, 0.05) is 4.90 Å². The van der Waals surface area contributed by atoms with E-state index in [1.165, 1.54) is 6.40 Å². The first-order chi connectivity index (χ1) is 14.1. The Bertz CT molecular complexity index is 998. The van der Waals surface area contributed by atoms with Crippen LogP contribution in [0.25, 0.3) is 0 Å². The summed E-state index contributed by atoms with van der Waals surface area (Å²) in [6, 6.07) is 18.9. The van der Waals surface area contributed by atoms with Crippen molar-refractivity contribution < 1.29 is 54.0 Å². The second-order valence-corrected chi connectivity index (χ2v) is 6.50. The molecule has 0 unspecified atom stereocenters. The van der Waals surface area contributed by atoms with Crippen LogP contribution in [-0.4, -0.2) is 11.5 Å². The fraction of sp³-hybridized carbons (Fsp3) is 0.0500. The summed E-state index contributed by atoms with van der Waals surface area (Å²) in [6.07, 6.45) is 1.33. The van der Waals surface area contributed by atoms with Crippen LogP contribution in [0.5, 0.6) is 11.5 Å². The molecule has 0 aliphatic carbocycles. The number of aromatic hydroxyl groups is 1. The van der Waals surface area contributed by atoms with Gasteiger partial charge in [0.05, 0.1) is 29.1 Å². The topological polar surface area (TPSA) is 108 Å². The third-order valence-corrected chi connectivity index (χ3v) is 4.26. The van der Waals surface area contributed by atoms with Crippen LogP contribution in [0, 0.1) is 6.92 Å². The zero-order valence-electron chi connectivity index (χ0n) is 16.3. The van der Waals surface area contributed by atoms with Gasteiger partial charge in [-0.2, -0.15) is 14.6 Å². The average Bonchev–Trinajstić information content (AvgIpc) is 2.73. The summed E-state index contributed by atoms with van der Waals surface area (Å²) in [6.45, 7) is 1.85. The number of aliphatic imine (C=N–C) groups is 1. The quantitative estimate of drug-likeness (QED) is 0.111.